The van der Waals surface area contributed by atoms with Crippen LogP contribution in [0.1, 0.15) is 18.4 Å². The van der Waals surface area contributed by atoms with E-state index in [0.29, 0.717) is 0 Å². The van der Waals surface area contributed by atoms with Gasteiger partial charge in [-0.15, -0.1) is 0 Å². The van der Waals surface area contributed by atoms with Crippen molar-refractivity contribution >= 4 is 5.69 Å². The molecule has 0 radical (unpaired) electrons. The van der Waals surface area contributed by atoms with Crippen molar-refractivity contribution in [2.75, 3.05) is 51.3 Å². The third-order valence-corrected chi connectivity index (χ3v) is 6.00. The number of rotatable bonds is 6. The maximum absolute atomic E-state index is 5.69. The van der Waals surface area contributed by atoms with Crippen LogP contribution in [-0.2, 0) is 11.3 Å². The molecule has 3 heterocycles. The molecular weight excluding hydrogens is 336 g/mol. The SMILES string of the molecule is c1ccc(CN2CCN(C3(CNc4cccnc4)CCOCC3)CC2)cc1. The van der Waals surface area contributed by atoms with Crippen molar-refractivity contribution in [1.82, 2.24) is 14.8 Å². The molecule has 2 fully saturated rings. The number of pyridine rings is 1. The molecule has 2 aliphatic heterocycles. The van der Waals surface area contributed by atoms with Crippen LogP contribution < -0.4 is 5.32 Å². The van der Waals surface area contributed by atoms with Crippen molar-refractivity contribution in [2.24, 2.45) is 0 Å². The number of nitrogens with zero attached hydrogens (tertiary/aromatic N) is 3. The number of anilines is 1. The highest BCUT2D eigenvalue weighted by molar-refractivity contribution is 5.40. The highest BCUT2D eigenvalue weighted by atomic mass is 16.5. The fourth-order valence-electron chi connectivity index (χ4n) is 4.31. The summed E-state index contributed by atoms with van der Waals surface area (Å²) in [6.07, 6.45) is 5.92. The fourth-order valence-corrected chi connectivity index (χ4v) is 4.31. The summed E-state index contributed by atoms with van der Waals surface area (Å²) in [6.45, 7) is 8.25. The summed E-state index contributed by atoms with van der Waals surface area (Å²) in [7, 11) is 0. The second-order valence-corrected chi connectivity index (χ2v) is 7.68. The summed E-state index contributed by atoms with van der Waals surface area (Å²) in [6, 6.07) is 14.9. The second kappa shape index (κ2) is 8.83. The highest BCUT2D eigenvalue weighted by Crippen LogP contribution is 2.30. The number of aromatic nitrogens is 1. The van der Waals surface area contributed by atoms with Gasteiger partial charge in [-0.25, -0.2) is 0 Å². The first-order valence-corrected chi connectivity index (χ1v) is 10.1. The fraction of sp³-hybridized carbons (Fsp3) is 0.500. The molecular formula is C22H30N4O. The van der Waals surface area contributed by atoms with E-state index in [1.165, 1.54) is 5.56 Å². The number of piperazine rings is 1. The van der Waals surface area contributed by atoms with Crippen molar-refractivity contribution in [1.29, 1.82) is 0 Å². The Labute approximate surface area is 162 Å². The molecule has 0 bridgehead atoms. The van der Waals surface area contributed by atoms with Crippen molar-refractivity contribution in [3.63, 3.8) is 0 Å². The highest BCUT2D eigenvalue weighted by Gasteiger charge is 2.39. The molecule has 0 unspecified atom stereocenters. The Kier molecular flexibility index (Phi) is 6.02. The first kappa shape index (κ1) is 18.4. The Bertz CT molecular complexity index is 680. The summed E-state index contributed by atoms with van der Waals surface area (Å²) in [5.74, 6) is 0. The van der Waals surface area contributed by atoms with Crippen LogP contribution in [0.3, 0.4) is 0 Å². The second-order valence-electron chi connectivity index (χ2n) is 7.68. The summed E-state index contributed by atoms with van der Waals surface area (Å²) >= 11 is 0. The third-order valence-electron chi connectivity index (χ3n) is 6.00. The maximum atomic E-state index is 5.69. The standard InChI is InChI=1S/C22H30N4O/c1-2-5-20(6-3-1)18-25-11-13-26(14-12-25)22(8-15-27-16-9-22)19-24-21-7-4-10-23-17-21/h1-7,10,17,24H,8-9,11-16,18-19H2. The molecule has 5 nitrogen and oxygen atoms in total. The Morgan fingerprint density at radius 2 is 1.74 bits per heavy atom. The van der Waals surface area contributed by atoms with Crippen LogP contribution in [0.25, 0.3) is 0 Å². The molecule has 2 aromatic rings. The van der Waals surface area contributed by atoms with E-state index in [2.05, 4.69) is 56.5 Å². The summed E-state index contributed by atoms with van der Waals surface area (Å²) in [4.78, 5) is 9.51. The molecule has 0 spiro atoms. The van der Waals surface area contributed by atoms with Crippen LogP contribution in [0.4, 0.5) is 5.69 Å². The third kappa shape index (κ3) is 4.67. The largest absolute Gasteiger partial charge is 0.382 e. The van der Waals surface area contributed by atoms with Gasteiger partial charge < -0.3 is 10.1 Å². The summed E-state index contributed by atoms with van der Waals surface area (Å²) in [5.41, 5.74) is 2.70. The zero-order valence-corrected chi connectivity index (χ0v) is 16.0. The van der Waals surface area contributed by atoms with E-state index in [-0.39, 0.29) is 5.54 Å². The van der Waals surface area contributed by atoms with Gasteiger partial charge in [0.15, 0.2) is 0 Å². The van der Waals surface area contributed by atoms with Gasteiger partial charge in [-0.3, -0.25) is 14.8 Å². The lowest BCUT2D eigenvalue weighted by molar-refractivity contribution is -0.0413. The molecule has 2 saturated heterocycles. The molecule has 2 aliphatic rings. The van der Waals surface area contributed by atoms with Gasteiger partial charge in [-0.05, 0) is 30.5 Å². The van der Waals surface area contributed by atoms with Crippen LogP contribution in [0.2, 0.25) is 0 Å². The molecule has 0 saturated carbocycles. The van der Waals surface area contributed by atoms with Gasteiger partial charge in [0.2, 0.25) is 0 Å². The molecule has 1 N–H and O–H groups in total. The number of hydrogen-bond acceptors (Lipinski definition) is 5. The molecule has 144 valence electrons. The number of ether oxygens (including phenoxy) is 1. The number of hydrogen-bond donors (Lipinski definition) is 1. The molecule has 4 rings (SSSR count). The van der Waals surface area contributed by atoms with Gasteiger partial charge >= 0.3 is 0 Å². The average Bonchev–Trinajstić information content (AvgIpc) is 2.75. The Morgan fingerprint density at radius 1 is 0.963 bits per heavy atom. The lowest BCUT2D eigenvalue weighted by atomic mass is 9.87. The molecule has 0 amide bonds. The van der Waals surface area contributed by atoms with Crippen LogP contribution in [-0.4, -0.2) is 66.3 Å². The van der Waals surface area contributed by atoms with Gasteiger partial charge in [-0.2, -0.15) is 0 Å². The molecule has 1 aromatic heterocycles. The zero-order chi connectivity index (χ0) is 18.4. The quantitative estimate of drug-likeness (QED) is 0.851. The van der Waals surface area contributed by atoms with E-state index in [1.807, 2.05) is 18.5 Å². The minimum Gasteiger partial charge on any atom is -0.382 e. The predicted octanol–water partition coefficient (Wildman–Crippen LogP) is 2.86. The van der Waals surface area contributed by atoms with Crippen molar-refractivity contribution in [3.8, 4) is 0 Å². The lowest BCUT2D eigenvalue weighted by Crippen LogP contribution is -2.61. The van der Waals surface area contributed by atoms with E-state index in [9.17, 15) is 0 Å². The van der Waals surface area contributed by atoms with E-state index in [4.69, 9.17) is 4.74 Å². The zero-order valence-electron chi connectivity index (χ0n) is 16.0. The van der Waals surface area contributed by atoms with Gasteiger partial charge in [0.25, 0.3) is 0 Å². The molecule has 0 atom stereocenters. The van der Waals surface area contributed by atoms with Crippen molar-refractivity contribution < 1.29 is 4.74 Å². The monoisotopic (exact) mass is 366 g/mol. The minimum absolute atomic E-state index is 0.187. The van der Waals surface area contributed by atoms with Crippen LogP contribution >= 0.6 is 0 Å². The van der Waals surface area contributed by atoms with Crippen molar-refractivity contribution in [2.45, 2.75) is 24.9 Å². The van der Waals surface area contributed by atoms with E-state index < -0.39 is 0 Å². The average molecular weight is 367 g/mol. The number of benzene rings is 1. The van der Waals surface area contributed by atoms with Crippen LogP contribution in [0.15, 0.2) is 54.9 Å². The smallest absolute Gasteiger partial charge is 0.0527 e. The Hall–Kier alpha value is -1.95. The van der Waals surface area contributed by atoms with Gasteiger partial charge in [-0.1, -0.05) is 30.3 Å². The van der Waals surface area contributed by atoms with Crippen LogP contribution in [0, 0.1) is 0 Å². The topological polar surface area (TPSA) is 40.6 Å². The lowest BCUT2D eigenvalue weighted by Gasteiger charge is -2.50. The van der Waals surface area contributed by atoms with Gasteiger partial charge in [0.05, 0.1) is 5.69 Å². The predicted molar refractivity (Wildman–Crippen MR) is 109 cm³/mol. The number of nitrogens with one attached hydrogen (secondary N) is 1. The molecule has 1 aromatic carbocycles. The Balaban J connectivity index is 1.36. The van der Waals surface area contributed by atoms with Gasteiger partial charge in [0, 0.05) is 70.4 Å². The molecule has 27 heavy (non-hydrogen) atoms. The summed E-state index contributed by atoms with van der Waals surface area (Å²) in [5, 5.41) is 3.63. The first-order chi connectivity index (χ1) is 13.3. The van der Waals surface area contributed by atoms with Crippen molar-refractivity contribution in [3.05, 3.63) is 60.4 Å². The first-order valence-electron chi connectivity index (χ1n) is 10.1. The molecule has 0 aliphatic carbocycles. The Morgan fingerprint density at radius 3 is 2.44 bits per heavy atom. The molecule has 5 heteroatoms. The van der Waals surface area contributed by atoms with Crippen LogP contribution in [0.5, 0.6) is 0 Å². The maximum Gasteiger partial charge on any atom is 0.0527 e. The van der Waals surface area contributed by atoms with E-state index in [1.54, 1.807) is 0 Å². The normalized spacial score (nSPS) is 21.0. The summed E-state index contributed by atoms with van der Waals surface area (Å²) < 4.78 is 5.69. The minimum atomic E-state index is 0.187. The van der Waals surface area contributed by atoms with E-state index >= 15 is 0 Å². The van der Waals surface area contributed by atoms with Gasteiger partial charge in [0.1, 0.15) is 0 Å². The van der Waals surface area contributed by atoms with E-state index in [0.717, 1.165) is 71.0 Å².